The summed E-state index contributed by atoms with van der Waals surface area (Å²) in [4.78, 5) is 25.2. The van der Waals surface area contributed by atoms with Gasteiger partial charge in [0.25, 0.3) is 0 Å². The number of piperidine rings is 1. The summed E-state index contributed by atoms with van der Waals surface area (Å²) in [6.07, 6.45) is 0.381. The molecule has 0 radical (unpaired) electrons. The minimum absolute atomic E-state index is 0.102. The lowest BCUT2D eigenvalue weighted by molar-refractivity contribution is -0.143. The van der Waals surface area contributed by atoms with Gasteiger partial charge in [-0.25, -0.2) is 9.18 Å². The summed E-state index contributed by atoms with van der Waals surface area (Å²) in [5.41, 5.74) is 0.361. The summed E-state index contributed by atoms with van der Waals surface area (Å²) in [5.74, 6) is -1.58. The van der Waals surface area contributed by atoms with Crippen molar-refractivity contribution in [2.75, 3.05) is 18.4 Å². The molecule has 2 amide bonds. The molecule has 2 rings (SSSR count). The fraction of sp³-hybridized carbons (Fsp3) is 0.529. The van der Waals surface area contributed by atoms with Gasteiger partial charge in [0.2, 0.25) is 0 Å². The molecule has 0 aromatic heterocycles. The Morgan fingerprint density at radius 1 is 1.38 bits per heavy atom. The van der Waals surface area contributed by atoms with Gasteiger partial charge in [-0.3, -0.25) is 4.79 Å². The number of ether oxygens (including phenoxy) is 1. The lowest BCUT2D eigenvalue weighted by Gasteiger charge is -2.34. The monoisotopic (exact) mass is 338 g/mol. The number of urea groups is 1. The minimum atomic E-state index is -0.898. The molecule has 2 N–H and O–H groups in total. The van der Waals surface area contributed by atoms with E-state index >= 15 is 0 Å². The van der Waals surface area contributed by atoms with E-state index in [-0.39, 0.29) is 24.3 Å². The van der Waals surface area contributed by atoms with E-state index in [9.17, 15) is 19.1 Å². The van der Waals surface area contributed by atoms with Gasteiger partial charge in [-0.15, -0.1) is 0 Å². The Labute approximate surface area is 140 Å². The summed E-state index contributed by atoms with van der Waals surface area (Å²) in [5, 5.41) is 11.9. The number of anilines is 1. The van der Waals surface area contributed by atoms with Crippen molar-refractivity contribution in [3.63, 3.8) is 0 Å². The molecule has 1 aliphatic heterocycles. The molecule has 1 aliphatic rings. The third-order valence-corrected chi connectivity index (χ3v) is 3.84. The quantitative estimate of drug-likeness (QED) is 0.884. The highest BCUT2D eigenvalue weighted by molar-refractivity contribution is 5.91. The number of aliphatic carboxylic acids is 1. The number of carbonyl (C=O) groups is 2. The molecule has 1 saturated heterocycles. The van der Waals surface area contributed by atoms with Gasteiger partial charge in [0.1, 0.15) is 11.6 Å². The Morgan fingerprint density at radius 2 is 2.08 bits per heavy atom. The van der Waals surface area contributed by atoms with Crippen LogP contribution in [0.15, 0.2) is 18.2 Å². The molecule has 0 bridgehead atoms. The lowest BCUT2D eigenvalue weighted by Crippen LogP contribution is -2.47. The van der Waals surface area contributed by atoms with Crippen molar-refractivity contribution in [2.45, 2.75) is 33.3 Å². The molecule has 132 valence electrons. The maximum Gasteiger partial charge on any atom is 0.321 e. The molecular formula is C17H23FN2O4. The van der Waals surface area contributed by atoms with Gasteiger partial charge in [-0.05, 0) is 38.3 Å². The van der Waals surface area contributed by atoms with E-state index in [4.69, 9.17) is 4.74 Å². The first-order valence-corrected chi connectivity index (χ1v) is 8.01. The average molecular weight is 338 g/mol. The van der Waals surface area contributed by atoms with Crippen LogP contribution >= 0.6 is 0 Å². The van der Waals surface area contributed by atoms with Crippen molar-refractivity contribution in [1.82, 2.24) is 4.90 Å². The topological polar surface area (TPSA) is 78.9 Å². The Bertz CT molecular complexity index is 621. The molecule has 2 atom stereocenters. The van der Waals surface area contributed by atoms with Crippen molar-refractivity contribution >= 4 is 17.7 Å². The fourth-order valence-electron chi connectivity index (χ4n) is 2.84. The smallest absolute Gasteiger partial charge is 0.321 e. The van der Waals surface area contributed by atoms with Crippen molar-refractivity contribution in [1.29, 1.82) is 0 Å². The van der Waals surface area contributed by atoms with Crippen LogP contribution < -0.4 is 10.1 Å². The largest absolute Gasteiger partial charge is 0.489 e. The number of hydrogen-bond acceptors (Lipinski definition) is 3. The number of likely N-dealkylation sites (tertiary alicyclic amines) is 1. The Hall–Kier alpha value is -2.31. The van der Waals surface area contributed by atoms with Crippen LogP contribution in [-0.4, -0.2) is 41.2 Å². The molecule has 0 aliphatic carbocycles. The SMILES string of the molecule is CC1CC(C(=O)O)CN(C(=O)Nc2ccc(F)cc2OC(C)C)C1. The van der Waals surface area contributed by atoms with Crippen LogP contribution in [0.3, 0.4) is 0 Å². The average Bonchev–Trinajstić information content (AvgIpc) is 2.48. The van der Waals surface area contributed by atoms with Gasteiger partial charge >= 0.3 is 12.0 Å². The highest BCUT2D eigenvalue weighted by Gasteiger charge is 2.32. The maximum absolute atomic E-state index is 13.4. The zero-order chi connectivity index (χ0) is 17.9. The van der Waals surface area contributed by atoms with E-state index in [1.807, 2.05) is 6.92 Å². The van der Waals surface area contributed by atoms with Crippen LogP contribution in [0.2, 0.25) is 0 Å². The fourth-order valence-corrected chi connectivity index (χ4v) is 2.84. The van der Waals surface area contributed by atoms with Gasteiger partial charge in [0.15, 0.2) is 0 Å². The zero-order valence-corrected chi connectivity index (χ0v) is 14.1. The molecule has 1 fully saturated rings. The van der Waals surface area contributed by atoms with Crippen molar-refractivity contribution in [3.05, 3.63) is 24.0 Å². The number of nitrogens with one attached hydrogen (secondary N) is 1. The van der Waals surface area contributed by atoms with Crippen LogP contribution in [0.25, 0.3) is 0 Å². The van der Waals surface area contributed by atoms with Gasteiger partial charge in [0.05, 0.1) is 17.7 Å². The molecule has 2 unspecified atom stereocenters. The minimum Gasteiger partial charge on any atom is -0.489 e. The van der Waals surface area contributed by atoms with Gasteiger partial charge < -0.3 is 20.1 Å². The molecule has 24 heavy (non-hydrogen) atoms. The molecular weight excluding hydrogens is 315 g/mol. The van der Waals surface area contributed by atoms with E-state index in [0.717, 1.165) is 0 Å². The number of benzene rings is 1. The molecule has 1 aromatic rings. The number of rotatable bonds is 4. The number of carboxylic acids is 1. The first-order chi connectivity index (χ1) is 11.3. The normalized spacial score (nSPS) is 20.8. The Balaban J connectivity index is 2.12. The molecule has 6 nitrogen and oxygen atoms in total. The van der Waals surface area contributed by atoms with Gasteiger partial charge in [0, 0.05) is 19.2 Å². The second-order valence-corrected chi connectivity index (χ2v) is 6.52. The van der Waals surface area contributed by atoms with Crippen molar-refractivity contribution < 1.29 is 23.8 Å². The Kier molecular flexibility index (Phi) is 5.64. The predicted molar refractivity (Wildman–Crippen MR) is 87.7 cm³/mol. The number of halogens is 1. The second-order valence-electron chi connectivity index (χ2n) is 6.52. The first kappa shape index (κ1) is 18.0. The molecule has 7 heteroatoms. The molecule has 1 aromatic carbocycles. The van der Waals surface area contributed by atoms with E-state index < -0.39 is 23.7 Å². The molecule has 1 heterocycles. The van der Waals surface area contributed by atoms with Gasteiger partial charge in [-0.1, -0.05) is 6.92 Å². The summed E-state index contributed by atoms with van der Waals surface area (Å²) in [6.45, 7) is 6.17. The van der Waals surface area contributed by atoms with Crippen LogP contribution in [0.4, 0.5) is 14.9 Å². The summed E-state index contributed by atoms with van der Waals surface area (Å²) in [7, 11) is 0. The maximum atomic E-state index is 13.4. The highest BCUT2D eigenvalue weighted by atomic mass is 19.1. The van der Waals surface area contributed by atoms with E-state index in [0.29, 0.717) is 18.7 Å². The predicted octanol–water partition coefficient (Wildman–Crippen LogP) is 3.19. The molecule has 0 spiro atoms. The van der Waals surface area contributed by atoms with Gasteiger partial charge in [-0.2, -0.15) is 0 Å². The summed E-state index contributed by atoms with van der Waals surface area (Å²) < 4.78 is 18.9. The van der Waals surface area contributed by atoms with Crippen LogP contribution in [0, 0.1) is 17.7 Å². The number of carboxylic acid groups (broad SMARTS) is 1. The lowest BCUT2D eigenvalue weighted by atomic mass is 9.91. The summed E-state index contributed by atoms with van der Waals surface area (Å²) >= 11 is 0. The van der Waals surface area contributed by atoms with Crippen molar-refractivity contribution in [2.24, 2.45) is 11.8 Å². The third-order valence-electron chi connectivity index (χ3n) is 3.84. The highest BCUT2D eigenvalue weighted by Crippen LogP contribution is 2.28. The zero-order valence-electron chi connectivity index (χ0n) is 14.1. The number of amides is 2. The van der Waals surface area contributed by atoms with E-state index in [1.165, 1.54) is 23.1 Å². The van der Waals surface area contributed by atoms with E-state index in [2.05, 4.69) is 5.32 Å². The van der Waals surface area contributed by atoms with E-state index in [1.54, 1.807) is 13.8 Å². The van der Waals surface area contributed by atoms with Crippen LogP contribution in [0.1, 0.15) is 27.2 Å². The number of nitrogens with zero attached hydrogens (tertiary/aromatic N) is 1. The number of hydrogen-bond donors (Lipinski definition) is 2. The molecule has 0 saturated carbocycles. The van der Waals surface area contributed by atoms with Crippen LogP contribution in [-0.2, 0) is 4.79 Å². The van der Waals surface area contributed by atoms with Crippen molar-refractivity contribution in [3.8, 4) is 5.75 Å². The van der Waals surface area contributed by atoms with Crippen LogP contribution in [0.5, 0.6) is 5.75 Å². The summed E-state index contributed by atoms with van der Waals surface area (Å²) in [6, 6.07) is 3.48. The number of carbonyl (C=O) groups excluding carboxylic acids is 1. The Morgan fingerprint density at radius 3 is 2.71 bits per heavy atom. The third kappa shape index (κ3) is 4.59. The first-order valence-electron chi connectivity index (χ1n) is 8.01. The standard InChI is InChI=1S/C17H23FN2O4/c1-10(2)24-15-7-13(18)4-5-14(15)19-17(23)20-8-11(3)6-12(9-20)16(21)22/h4-5,7,10-12H,6,8-9H2,1-3H3,(H,19,23)(H,21,22). The second kappa shape index (κ2) is 7.51.